The SMILES string of the molecule is CCCc1cc(CCC)c2c(c1)[CH]([Hf+2]([CH]1C(C)=Cc3c(CCC)cc(CCC)cc31)[SiH](C)C)C(C)=C2.[Cl-].[Cl-]. The van der Waals surface area contributed by atoms with Crippen molar-refractivity contribution in [3.63, 3.8) is 0 Å². The van der Waals surface area contributed by atoms with E-state index in [9.17, 15) is 0 Å². The van der Waals surface area contributed by atoms with E-state index in [0.29, 0.717) is 0 Å². The van der Waals surface area contributed by atoms with Crippen molar-refractivity contribution >= 4 is 18.1 Å². The average Bonchev–Trinajstić information content (AvgIpc) is 3.32. The van der Waals surface area contributed by atoms with Crippen LogP contribution in [0, 0.1) is 0 Å². The first-order chi connectivity index (χ1) is 17.3. The minimum atomic E-state index is -2.17. The Morgan fingerprint density at radius 1 is 0.605 bits per heavy atom. The van der Waals surface area contributed by atoms with Gasteiger partial charge in [0.05, 0.1) is 0 Å². The third kappa shape index (κ3) is 6.72. The molecule has 2 atom stereocenters. The van der Waals surface area contributed by atoms with Crippen LogP contribution in [0.5, 0.6) is 0 Å². The van der Waals surface area contributed by atoms with Crippen LogP contribution in [0.3, 0.4) is 0 Å². The van der Waals surface area contributed by atoms with Crippen LogP contribution in [-0.4, -0.2) is 5.98 Å². The van der Waals surface area contributed by atoms with E-state index in [-0.39, 0.29) is 24.8 Å². The molecule has 0 aliphatic heterocycles. The van der Waals surface area contributed by atoms with Crippen LogP contribution >= 0.6 is 0 Å². The minimum Gasteiger partial charge on any atom is -1.00 e. The van der Waals surface area contributed by atoms with Crippen molar-refractivity contribution < 1.29 is 45.4 Å². The Bertz CT molecular complexity index is 1080. The molecular formula is C34H49Cl2HfSi. The van der Waals surface area contributed by atoms with E-state index in [1.807, 2.05) is 0 Å². The molecular weight excluding hydrogens is 686 g/mol. The predicted molar refractivity (Wildman–Crippen MR) is 161 cm³/mol. The molecule has 0 radical (unpaired) electrons. The first-order valence-electron chi connectivity index (χ1n) is 14.9. The summed E-state index contributed by atoms with van der Waals surface area (Å²) in [5.74, 6) is -0.782. The molecule has 0 fully saturated rings. The van der Waals surface area contributed by atoms with Crippen molar-refractivity contribution in [3.05, 3.63) is 79.9 Å². The smallest absolute Gasteiger partial charge is 1.00 e. The molecule has 0 heterocycles. The zero-order valence-electron chi connectivity index (χ0n) is 25.1. The summed E-state index contributed by atoms with van der Waals surface area (Å²) in [7, 11) is 0. The van der Waals surface area contributed by atoms with Gasteiger partial charge in [-0.25, -0.2) is 0 Å². The number of fused-ring (bicyclic) bond motifs is 2. The van der Waals surface area contributed by atoms with Crippen LogP contribution in [0.2, 0.25) is 13.1 Å². The summed E-state index contributed by atoms with van der Waals surface area (Å²) in [6, 6.07) is 10.4. The standard InChI is InChI=1S/2C16H21.C2H7Si.2ClH.Hf/c2*1-4-6-13-10-14(7-5-2)16-9-12(3)8-15(16)11-13;1-3-2;;;/h2*8-11H,4-7H2,1-3H3;3H,1-2H3;2*1H;/q;;;;;+2/p-2. The molecule has 2 aliphatic rings. The molecule has 0 N–H and O–H groups in total. The molecule has 2 unspecified atom stereocenters. The monoisotopic (exact) mass is 735 g/mol. The van der Waals surface area contributed by atoms with E-state index in [4.69, 9.17) is 0 Å². The van der Waals surface area contributed by atoms with Gasteiger partial charge >= 0.3 is 232 Å². The van der Waals surface area contributed by atoms with E-state index < -0.39 is 26.6 Å². The summed E-state index contributed by atoms with van der Waals surface area (Å²) in [5.41, 5.74) is 16.6. The van der Waals surface area contributed by atoms with Gasteiger partial charge in [-0.15, -0.1) is 0 Å². The van der Waals surface area contributed by atoms with Crippen LogP contribution < -0.4 is 24.8 Å². The number of allylic oxidation sites excluding steroid dienone is 2. The minimum absolute atomic E-state index is 0. The van der Waals surface area contributed by atoms with E-state index in [2.05, 4.69) is 91.1 Å². The summed E-state index contributed by atoms with van der Waals surface area (Å²) in [4.78, 5) is 0. The molecule has 0 spiro atoms. The second kappa shape index (κ2) is 15.0. The van der Waals surface area contributed by atoms with Crippen molar-refractivity contribution in [3.8, 4) is 0 Å². The molecule has 0 bridgehead atoms. The number of benzene rings is 2. The molecule has 38 heavy (non-hydrogen) atoms. The second-order valence-electron chi connectivity index (χ2n) is 11.8. The molecule has 0 nitrogen and oxygen atoms in total. The summed E-state index contributed by atoms with van der Waals surface area (Å²) < 4.78 is 1.57. The van der Waals surface area contributed by atoms with E-state index in [1.165, 1.54) is 51.4 Å². The molecule has 207 valence electrons. The zero-order chi connectivity index (χ0) is 26.0. The number of halogens is 2. The van der Waals surface area contributed by atoms with Gasteiger partial charge in [-0.2, -0.15) is 0 Å². The fraction of sp³-hybridized carbons (Fsp3) is 0.529. The summed E-state index contributed by atoms with van der Waals surface area (Å²) in [5, 5.41) is 0. The number of hydrogen-bond donors (Lipinski definition) is 0. The molecule has 0 aromatic heterocycles. The van der Waals surface area contributed by atoms with Gasteiger partial charge in [0.15, 0.2) is 0 Å². The van der Waals surface area contributed by atoms with Crippen LogP contribution in [-0.2, 0) is 46.3 Å². The maximum absolute atomic E-state index is 2.71. The fourth-order valence-corrected chi connectivity index (χ4v) is 39.9. The van der Waals surface area contributed by atoms with Crippen molar-refractivity contribution in [2.75, 3.05) is 0 Å². The van der Waals surface area contributed by atoms with E-state index in [1.54, 1.807) is 55.7 Å². The maximum Gasteiger partial charge on any atom is -1.00 e. The van der Waals surface area contributed by atoms with Gasteiger partial charge in [-0.05, 0) is 0 Å². The summed E-state index contributed by atoms with van der Waals surface area (Å²) in [6.07, 6.45) is 15.1. The molecule has 2 aromatic carbocycles. The van der Waals surface area contributed by atoms with Crippen LogP contribution in [0.4, 0.5) is 0 Å². The Balaban J connectivity index is 0.00000253. The maximum atomic E-state index is 2.71. The first-order valence-corrected chi connectivity index (χ1v) is 28.1. The van der Waals surface area contributed by atoms with Crippen LogP contribution in [0.25, 0.3) is 12.2 Å². The number of aryl methyl sites for hydroxylation is 4. The Morgan fingerprint density at radius 3 is 1.29 bits per heavy atom. The molecule has 2 aromatic rings. The average molecular weight is 735 g/mol. The van der Waals surface area contributed by atoms with Crippen LogP contribution in [0.15, 0.2) is 35.4 Å². The fourth-order valence-electron chi connectivity index (χ4n) is 7.09. The van der Waals surface area contributed by atoms with Gasteiger partial charge in [-0.1, -0.05) is 0 Å². The van der Waals surface area contributed by atoms with Gasteiger partial charge in [0.25, 0.3) is 0 Å². The molecule has 2 aliphatic carbocycles. The van der Waals surface area contributed by atoms with Crippen molar-refractivity contribution in [2.45, 2.75) is 113 Å². The molecule has 4 rings (SSSR count). The quantitative estimate of drug-likeness (QED) is 0.309. The van der Waals surface area contributed by atoms with E-state index >= 15 is 0 Å². The van der Waals surface area contributed by atoms with Gasteiger partial charge in [0, 0.05) is 0 Å². The van der Waals surface area contributed by atoms with Crippen molar-refractivity contribution in [1.82, 2.24) is 0 Å². The first kappa shape index (κ1) is 33.8. The third-order valence-electron chi connectivity index (χ3n) is 8.44. The Kier molecular flexibility index (Phi) is 13.3. The number of rotatable bonds is 11. The van der Waals surface area contributed by atoms with Gasteiger partial charge < -0.3 is 24.8 Å². The molecule has 0 saturated carbocycles. The Morgan fingerprint density at radius 2 is 0.974 bits per heavy atom. The predicted octanol–water partition coefficient (Wildman–Crippen LogP) is 3.72. The Hall–Kier alpha value is -0.413. The van der Waals surface area contributed by atoms with Gasteiger partial charge in [0.2, 0.25) is 0 Å². The van der Waals surface area contributed by atoms with Crippen molar-refractivity contribution in [2.24, 2.45) is 0 Å². The zero-order valence-corrected chi connectivity index (χ0v) is 31.4. The normalized spacial score (nSPS) is 17.4. The van der Waals surface area contributed by atoms with Gasteiger partial charge in [-0.3, -0.25) is 0 Å². The topological polar surface area (TPSA) is 0 Å². The third-order valence-corrected chi connectivity index (χ3v) is 39.9. The molecule has 0 amide bonds. The van der Waals surface area contributed by atoms with E-state index in [0.717, 1.165) is 7.35 Å². The number of hydrogen-bond acceptors (Lipinski definition) is 0. The largest absolute Gasteiger partial charge is 1.00 e. The molecule has 4 heteroatoms. The Labute approximate surface area is 255 Å². The van der Waals surface area contributed by atoms with Crippen LogP contribution in [0.1, 0.15) is 119 Å². The second-order valence-corrected chi connectivity index (χ2v) is 39.8. The molecule has 0 saturated heterocycles. The summed E-state index contributed by atoms with van der Waals surface area (Å²) in [6.45, 7) is 19.8. The van der Waals surface area contributed by atoms with Crippen molar-refractivity contribution in [1.29, 1.82) is 0 Å². The summed E-state index contributed by atoms with van der Waals surface area (Å²) >= 11 is -2.17. The van der Waals surface area contributed by atoms with Gasteiger partial charge in [0.1, 0.15) is 0 Å².